The molecule has 0 N–H and O–H groups in total. The molecule has 0 spiro atoms. The molecule has 0 nitrogen and oxygen atoms in total. The summed E-state index contributed by atoms with van der Waals surface area (Å²) in [5.74, 6) is 0. The van der Waals surface area contributed by atoms with Gasteiger partial charge in [0.2, 0.25) is 0 Å². The third kappa shape index (κ3) is 1.89. The van der Waals surface area contributed by atoms with Crippen molar-refractivity contribution in [2.24, 2.45) is 0 Å². The first kappa shape index (κ1) is 8.40. The molecule has 1 aromatic carbocycles. The minimum absolute atomic E-state index is 0.341. The summed E-state index contributed by atoms with van der Waals surface area (Å²) in [4.78, 5) is 0. The van der Waals surface area contributed by atoms with E-state index in [1.165, 1.54) is 9.13 Å². The van der Waals surface area contributed by atoms with Gasteiger partial charge in [-0.2, -0.15) is 12.6 Å². The van der Waals surface area contributed by atoms with Crippen molar-refractivity contribution >= 4 is 35.2 Å². The van der Waals surface area contributed by atoms with E-state index in [1.807, 2.05) is 12.1 Å². The van der Waals surface area contributed by atoms with Crippen molar-refractivity contribution in [3.63, 3.8) is 0 Å². The Balaban J connectivity index is 3.03. The van der Waals surface area contributed by atoms with E-state index in [0.29, 0.717) is 5.25 Å². The summed E-state index contributed by atoms with van der Waals surface area (Å²) >= 11 is 6.68. The van der Waals surface area contributed by atoms with Gasteiger partial charge >= 0.3 is 0 Å². The fraction of sp³-hybridized carbons (Fsp3) is 0.250. The lowest BCUT2D eigenvalue weighted by molar-refractivity contribution is 1.10. The zero-order valence-corrected chi connectivity index (χ0v) is 8.76. The summed E-state index contributed by atoms with van der Waals surface area (Å²) in [6, 6.07) is 8.30. The predicted molar refractivity (Wildman–Crippen MR) is 56.6 cm³/mol. The first-order valence-electron chi connectivity index (χ1n) is 3.14. The topological polar surface area (TPSA) is 0 Å². The zero-order chi connectivity index (χ0) is 7.56. The molecule has 10 heavy (non-hydrogen) atoms. The van der Waals surface area contributed by atoms with Gasteiger partial charge in [0.05, 0.1) is 0 Å². The summed E-state index contributed by atoms with van der Waals surface area (Å²) < 4.78 is 1.29. The van der Waals surface area contributed by atoms with E-state index < -0.39 is 0 Å². The van der Waals surface area contributed by atoms with E-state index in [0.717, 1.165) is 0 Å². The molecule has 0 aromatic heterocycles. The van der Waals surface area contributed by atoms with Gasteiger partial charge in [0.25, 0.3) is 0 Å². The summed E-state index contributed by atoms with van der Waals surface area (Å²) in [7, 11) is 0. The molecule has 0 bridgehead atoms. The van der Waals surface area contributed by atoms with Crippen LogP contribution in [0.1, 0.15) is 17.7 Å². The lowest BCUT2D eigenvalue weighted by Crippen LogP contribution is -1.87. The molecule has 1 aromatic rings. The van der Waals surface area contributed by atoms with Crippen molar-refractivity contribution in [2.75, 3.05) is 0 Å². The van der Waals surface area contributed by atoms with Gasteiger partial charge in [-0.25, -0.2) is 0 Å². The van der Waals surface area contributed by atoms with Gasteiger partial charge < -0.3 is 0 Å². The van der Waals surface area contributed by atoms with Crippen LogP contribution in [0.5, 0.6) is 0 Å². The van der Waals surface area contributed by atoms with Crippen LogP contribution in [0.2, 0.25) is 0 Å². The van der Waals surface area contributed by atoms with E-state index in [9.17, 15) is 0 Å². The Bertz CT molecular complexity index is 220. The highest BCUT2D eigenvalue weighted by Crippen LogP contribution is 2.23. The second kappa shape index (κ2) is 3.62. The highest BCUT2D eigenvalue weighted by Gasteiger charge is 2.01. The first-order chi connectivity index (χ1) is 4.72. The zero-order valence-electron chi connectivity index (χ0n) is 5.71. The molecule has 1 atom stereocenters. The smallest absolute Gasteiger partial charge is 0.0249 e. The lowest BCUT2D eigenvalue weighted by atomic mass is 10.2. The number of hydrogen-bond acceptors (Lipinski definition) is 1. The molecule has 0 aliphatic heterocycles. The lowest BCUT2D eigenvalue weighted by Gasteiger charge is -2.05. The van der Waals surface area contributed by atoms with Gasteiger partial charge in [-0.1, -0.05) is 18.2 Å². The van der Waals surface area contributed by atoms with Crippen LogP contribution in [-0.2, 0) is 0 Å². The van der Waals surface area contributed by atoms with Crippen LogP contribution in [0.4, 0.5) is 0 Å². The molecule has 0 aliphatic rings. The minimum atomic E-state index is 0.341. The van der Waals surface area contributed by atoms with Gasteiger partial charge in [-0.05, 0) is 41.1 Å². The summed E-state index contributed by atoms with van der Waals surface area (Å²) in [6.07, 6.45) is 0. The number of hydrogen-bond donors (Lipinski definition) is 1. The maximum Gasteiger partial charge on any atom is 0.0249 e. The number of rotatable bonds is 1. The quantitative estimate of drug-likeness (QED) is 0.584. The number of benzene rings is 1. The maximum absolute atomic E-state index is 4.35. The molecule has 1 rings (SSSR count). The standard InChI is InChI=1S/C8H9IS/c1-6(10)7-4-2-3-5-8(7)9/h2-6,10H,1H3/t6-/m1/s1. The molecule has 0 amide bonds. The monoisotopic (exact) mass is 264 g/mol. The molecule has 0 aliphatic carbocycles. The maximum atomic E-state index is 4.35. The van der Waals surface area contributed by atoms with Crippen LogP contribution in [0, 0.1) is 3.57 Å². The SMILES string of the molecule is C[C@@H](S)c1ccccc1I. The molecule has 54 valence electrons. The molecular formula is C8H9IS. The normalized spacial score (nSPS) is 13.1. The molecule has 0 saturated heterocycles. The highest BCUT2D eigenvalue weighted by molar-refractivity contribution is 14.1. The average Bonchev–Trinajstić information content (AvgIpc) is 1.88. The van der Waals surface area contributed by atoms with Gasteiger partial charge in [0.15, 0.2) is 0 Å². The third-order valence-corrected chi connectivity index (χ3v) is 2.62. The molecule has 2 heteroatoms. The van der Waals surface area contributed by atoms with E-state index in [2.05, 4.69) is 54.3 Å². The van der Waals surface area contributed by atoms with Crippen molar-refractivity contribution in [3.05, 3.63) is 33.4 Å². The van der Waals surface area contributed by atoms with Crippen molar-refractivity contribution in [3.8, 4) is 0 Å². The second-order valence-corrected chi connectivity index (χ2v) is 4.13. The predicted octanol–water partition coefficient (Wildman–Crippen LogP) is 3.28. The third-order valence-electron chi connectivity index (χ3n) is 1.36. The molecule has 0 unspecified atom stereocenters. The van der Waals surface area contributed by atoms with Crippen molar-refractivity contribution in [1.29, 1.82) is 0 Å². The molecule has 0 fully saturated rings. The van der Waals surface area contributed by atoms with Gasteiger partial charge in [0.1, 0.15) is 0 Å². The van der Waals surface area contributed by atoms with Crippen LogP contribution >= 0.6 is 35.2 Å². The summed E-state index contributed by atoms with van der Waals surface area (Å²) in [5.41, 5.74) is 1.31. The second-order valence-electron chi connectivity index (χ2n) is 2.20. The summed E-state index contributed by atoms with van der Waals surface area (Å²) in [6.45, 7) is 2.08. The van der Waals surface area contributed by atoms with E-state index in [1.54, 1.807) is 0 Å². The van der Waals surface area contributed by atoms with Crippen molar-refractivity contribution in [1.82, 2.24) is 0 Å². The van der Waals surface area contributed by atoms with Crippen molar-refractivity contribution < 1.29 is 0 Å². The van der Waals surface area contributed by atoms with Gasteiger partial charge in [-0.3, -0.25) is 0 Å². The Morgan fingerprint density at radius 1 is 1.40 bits per heavy atom. The molecule has 0 radical (unpaired) electrons. The summed E-state index contributed by atoms with van der Waals surface area (Å²) in [5, 5.41) is 0.341. The van der Waals surface area contributed by atoms with E-state index >= 15 is 0 Å². The Kier molecular flexibility index (Phi) is 3.04. The minimum Gasteiger partial charge on any atom is -0.171 e. The fourth-order valence-corrected chi connectivity index (χ4v) is 2.14. The number of halogens is 1. The fourth-order valence-electron chi connectivity index (χ4n) is 0.814. The highest BCUT2D eigenvalue weighted by atomic mass is 127. The van der Waals surface area contributed by atoms with E-state index in [4.69, 9.17) is 0 Å². The Morgan fingerprint density at radius 3 is 2.40 bits per heavy atom. The van der Waals surface area contributed by atoms with Crippen molar-refractivity contribution in [2.45, 2.75) is 12.2 Å². The molecule has 0 saturated carbocycles. The largest absolute Gasteiger partial charge is 0.171 e. The molecular weight excluding hydrogens is 255 g/mol. The Labute approximate surface area is 80.6 Å². The van der Waals surface area contributed by atoms with Gasteiger partial charge in [-0.15, -0.1) is 0 Å². The van der Waals surface area contributed by atoms with Crippen LogP contribution < -0.4 is 0 Å². The van der Waals surface area contributed by atoms with Crippen LogP contribution in [-0.4, -0.2) is 0 Å². The number of thiol groups is 1. The van der Waals surface area contributed by atoms with Gasteiger partial charge in [0, 0.05) is 8.82 Å². The van der Waals surface area contributed by atoms with Crippen LogP contribution in [0.15, 0.2) is 24.3 Å². The molecule has 0 heterocycles. The van der Waals surface area contributed by atoms with Crippen LogP contribution in [0.3, 0.4) is 0 Å². The first-order valence-corrected chi connectivity index (χ1v) is 4.74. The Hall–Kier alpha value is 0.300. The van der Waals surface area contributed by atoms with Crippen LogP contribution in [0.25, 0.3) is 0 Å². The Morgan fingerprint density at radius 2 is 2.00 bits per heavy atom. The van der Waals surface area contributed by atoms with E-state index in [-0.39, 0.29) is 0 Å². The average molecular weight is 264 g/mol.